The number of nitrogens with zero attached hydrogens (tertiary/aromatic N) is 1. The van der Waals surface area contributed by atoms with Crippen molar-refractivity contribution in [3.63, 3.8) is 0 Å². The van der Waals surface area contributed by atoms with Gasteiger partial charge in [0.2, 0.25) is 0 Å². The summed E-state index contributed by atoms with van der Waals surface area (Å²) < 4.78 is 5.51. The lowest BCUT2D eigenvalue weighted by molar-refractivity contribution is 0.0933. The number of carbonyl (C=O) groups is 1. The van der Waals surface area contributed by atoms with E-state index in [0.29, 0.717) is 11.7 Å². The van der Waals surface area contributed by atoms with Crippen LogP contribution in [0.25, 0.3) is 10.8 Å². The van der Waals surface area contributed by atoms with Crippen molar-refractivity contribution in [1.29, 1.82) is 0 Å². The Hall–Kier alpha value is -1.62. The molecule has 0 spiro atoms. The lowest BCUT2D eigenvalue weighted by atomic mass is 10.2. The highest BCUT2D eigenvalue weighted by atomic mass is 32.1. The molecule has 0 atom stereocenters. The minimum Gasteiger partial charge on any atom is -0.459 e. The fourth-order valence-electron chi connectivity index (χ4n) is 2.37. The first kappa shape index (κ1) is 12.4. The van der Waals surface area contributed by atoms with Crippen LogP contribution in [0.3, 0.4) is 0 Å². The van der Waals surface area contributed by atoms with Crippen molar-refractivity contribution in [2.75, 3.05) is 0 Å². The highest BCUT2D eigenvalue weighted by Gasteiger charge is 2.20. The standard InChI is InChI=1S/C14H16N2O2S/c1-9-6-7-12(18-9)14-16-11(8-19-14)13(17)15-10-4-2-3-5-10/h6-8,10H,2-5H2,1H3,(H,15,17). The van der Waals surface area contributed by atoms with Crippen molar-refractivity contribution in [1.82, 2.24) is 10.3 Å². The van der Waals surface area contributed by atoms with E-state index in [4.69, 9.17) is 4.42 Å². The summed E-state index contributed by atoms with van der Waals surface area (Å²) in [5, 5.41) is 5.58. The van der Waals surface area contributed by atoms with Crippen LogP contribution in [0.2, 0.25) is 0 Å². The summed E-state index contributed by atoms with van der Waals surface area (Å²) in [6.07, 6.45) is 4.58. The molecule has 1 saturated carbocycles. The molecule has 1 aliphatic carbocycles. The van der Waals surface area contributed by atoms with E-state index in [-0.39, 0.29) is 5.91 Å². The summed E-state index contributed by atoms with van der Waals surface area (Å²) in [6.45, 7) is 1.89. The van der Waals surface area contributed by atoms with Gasteiger partial charge in [-0.2, -0.15) is 0 Å². The summed E-state index contributed by atoms with van der Waals surface area (Å²) in [7, 11) is 0. The molecule has 100 valence electrons. The Morgan fingerprint density at radius 3 is 2.89 bits per heavy atom. The van der Waals surface area contributed by atoms with Gasteiger partial charge in [0.05, 0.1) is 0 Å². The molecule has 4 nitrogen and oxygen atoms in total. The van der Waals surface area contributed by atoms with Crippen LogP contribution in [-0.4, -0.2) is 16.9 Å². The second kappa shape index (κ2) is 5.17. The molecule has 1 fully saturated rings. The zero-order valence-electron chi connectivity index (χ0n) is 10.8. The average Bonchev–Trinajstić information content (AvgIpc) is 3.07. The Balaban J connectivity index is 1.71. The van der Waals surface area contributed by atoms with Gasteiger partial charge in [0, 0.05) is 11.4 Å². The fraction of sp³-hybridized carbons (Fsp3) is 0.429. The Kier molecular flexibility index (Phi) is 3.38. The molecule has 1 N–H and O–H groups in total. The van der Waals surface area contributed by atoms with Gasteiger partial charge in [0.1, 0.15) is 11.5 Å². The van der Waals surface area contributed by atoms with E-state index < -0.39 is 0 Å². The number of aryl methyl sites for hydroxylation is 1. The summed E-state index contributed by atoms with van der Waals surface area (Å²) in [5.41, 5.74) is 0.487. The van der Waals surface area contributed by atoms with Crippen LogP contribution < -0.4 is 5.32 Å². The molecule has 1 aliphatic rings. The predicted molar refractivity (Wildman–Crippen MR) is 74.3 cm³/mol. The van der Waals surface area contributed by atoms with Gasteiger partial charge in [0.15, 0.2) is 10.8 Å². The molecule has 0 bridgehead atoms. The number of furan rings is 1. The second-order valence-electron chi connectivity index (χ2n) is 4.90. The van der Waals surface area contributed by atoms with Gasteiger partial charge in [-0.05, 0) is 31.9 Å². The number of rotatable bonds is 3. The van der Waals surface area contributed by atoms with Crippen molar-refractivity contribution in [2.45, 2.75) is 38.6 Å². The van der Waals surface area contributed by atoms with E-state index >= 15 is 0 Å². The number of aromatic nitrogens is 1. The third-order valence-corrected chi connectivity index (χ3v) is 4.24. The average molecular weight is 276 g/mol. The Bertz CT molecular complexity index is 582. The lowest BCUT2D eigenvalue weighted by Crippen LogP contribution is -2.32. The van der Waals surface area contributed by atoms with Crippen molar-refractivity contribution in [3.8, 4) is 10.8 Å². The molecule has 0 unspecified atom stereocenters. The number of carbonyl (C=O) groups excluding carboxylic acids is 1. The molecule has 3 rings (SSSR count). The summed E-state index contributed by atoms with van der Waals surface area (Å²) in [5.74, 6) is 1.50. The van der Waals surface area contributed by atoms with Crippen LogP contribution in [0.1, 0.15) is 41.9 Å². The maximum atomic E-state index is 12.1. The third kappa shape index (κ3) is 2.71. The van der Waals surface area contributed by atoms with Gasteiger partial charge in [-0.3, -0.25) is 4.79 Å². The first-order valence-corrected chi connectivity index (χ1v) is 7.43. The quantitative estimate of drug-likeness (QED) is 0.935. The maximum Gasteiger partial charge on any atom is 0.270 e. The van der Waals surface area contributed by atoms with Gasteiger partial charge in [0.25, 0.3) is 5.91 Å². The zero-order valence-corrected chi connectivity index (χ0v) is 11.6. The Morgan fingerprint density at radius 1 is 1.42 bits per heavy atom. The molecule has 1 amide bonds. The molecule has 2 aromatic heterocycles. The zero-order chi connectivity index (χ0) is 13.2. The largest absolute Gasteiger partial charge is 0.459 e. The van der Waals surface area contributed by atoms with Gasteiger partial charge in [-0.15, -0.1) is 11.3 Å². The monoisotopic (exact) mass is 276 g/mol. The SMILES string of the molecule is Cc1ccc(-c2nc(C(=O)NC3CCCC3)cs2)o1. The molecular formula is C14H16N2O2S. The highest BCUT2D eigenvalue weighted by molar-refractivity contribution is 7.13. The van der Waals surface area contributed by atoms with E-state index in [0.717, 1.165) is 29.4 Å². The Labute approximate surface area is 115 Å². The molecule has 2 heterocycles. The van der Waals surface area contributed by atoms with Crippen LogP contribution in [-0.2, 0) is 0 Å². The summed E-state index contributed by atoms with van der Waals surface area (Å²) in [6, 6.07) is 4.10. The topological polar surface area (TPSA) is 55.1 Å². The van der Waals surface area contributed by atoms with Gasteiger partial charge in [-0.1, -0.05) is 12.8 Å². The molecular weight excluding hydrogens is 260 g/mol. The molecule has 0 aliphatic heterocycles. The molecule has 19 heavy (non-hydrogen) atoms. The maximum absolute atomic E-state index is 12.1. The van der Waals surface area contributed by atoms with Gasteiger partial charge in [-0.25, -0.2) is 4.98 Å². The van der Waals surface area contributed by atoms with Crippen molar-refractivity contribution in [2.24, 2.45) is 0 Å². The van der Waals surface area contributed by atoms with E-state index in [2.05, 4.69) is 10.3 Å². The predicted octanol–water partition coefficient (Wildman–Crippen LogP) is 3.38. The molecule has 0 saturated heterocycles. The first-order chi connectivity index (χ1) is 9.22. The smallest absolute Gasteiger partial charge is 0.270 e. The van der Waals surface area contributed by atoms with Crippen LogP contribution in [0.15, 0.2) is 21.9 Å². The third-order valence-electron chi connectivity index (χ3n) is 3.38. The van der Waals surface area contributed by atoms with E-state index in [1.54, 1.807) is 5.38 Å². The van der Waals surface area contributed by atoms with E-state index in [1.165, 1.54) is 24.2 Å². The number of hydrogen-bond acceptors (Lipinski definition) is 4. The normalized spacial score (nSPS) is 15.8. The molecule has 5 heteroatoms. The number of hydrogen-bond donors (Lipinski definition) is 1. The molecule has 2 aromatic rings. The van der Waals surface area contributed by atoms with E-state index in [1.807, 2.05) is 19.1 Å². The van der Waals surface area contributed by atoms with Gasteiger partial charge >= 0.3 is 0 Å². The number of thiazole rings is 1. The van der Waals surface area contributed by atoms with Crippen molar-refractivity contribution < 1.29 is 9.21 Å². The number of nitrogens with one attached hydrogen (secondary N) is 1. The fourth-order valence-corrected chi connectivity index (χ4v) is 3.13. The van der Waals surface area contributed by atoms with Crippen molar-refractivity contribution in [3.05, 3.63) is 29.0 Å². The van der Waals surface area contributed by atoms with Gasteiger partial charge < -0.3 is 9.73 Å². The van der Waals surface area contributed by atoms with Crippen LogP contribution in [0.5, 0.6) is 0 Å². The van der Waals surface area contributed by atoms with E-state index in [9.17, 15) is 4.79 Å². The summed E-state index contributed by atoms with van der Waals surface area (Å²) in [4.78, 5) is 16.4. The second-order valence-corrected chi connectivity index (χ2v) is 5.76. The van der Waals surface area contributed by atoms with Crippen LogP contribution in [0.4, 0.5) is 0 Å². The molecule has 0 aromatic carbocycles. The first-order valence-electron chi connectivity index (χ1n) is 6.55. The molecule has 0 radical (unpaired) electrons. The minimum atomic E-state index is -0.0716. The van der Waals surface area contributed by atoms with Crippen LogP contribution >= 0.6 is 11.3 Å². The highest BCUT2D eigenvalue weighted by Crippen LogP contribution is 2.26. The Morgan fingerprint density at radius 2 is 2.21 bits per heavy atom. The van der Waals surface area contributed by atoms with Crippen LogP contribution in [0, 0.1) is 6.92 Å². The minimum absolute atomic E-state index is 0.0716. The number of amides is 1. The summed E-state index contributed by atoms with van der Waals surface area (Å²) >= 11 is 1.44. The van der Waals surface area contributed by atoms with Crippen molar-refractivity contribution >= 4 is 17.2 Å². The lowest BCUT2D eigenvalue weighted by Gasteiger charge is -2.09.